The summed E-state index contributed by atoms with van der Waals surface area (Å²) in [5.74, 6) is -0.890. The van der Waals surface area contributed by atoms with Gasteiger partial charge in [-0.05, 0) is 6.92 Å². The quantitative estimate of drug-likeness (QED) is 0.171. The number of hydrogen-bond acceptors (Lipinski definition) is 7. The highest BCUT2D eigenvalue weighted by molar-refractivity contribution is 5.86. The van der Waals surface area contributed by atoms with Crippen molar-refractivity contribution in [3.63, 3.8) is 0 Å². The third-order valence-corrected chi connectivity index (χ3v) is 3.42. The Bertz CT molecular complexity index is 416. The molecule has 0 aliphatic rings. The molecular weight excluding hydrogens is 340 g/mol. The number of carbonyl (C=O) groups is 1. The zero-order valence-electron chi connectivity index (χ0n) is 15.7. The lowest BCUT2D eigenvalue weighted by Crippen LogP contribution is -2.43. The van der Waals surface area contributed by atoms with E-state index >= 15 is 0 Å². The first-order valence-corrected chi connectivity index (χ1v) is 8.44. The van der Waals surface area contributed by atoms with Gasteiger partial charge < -0.3 is 29.2 Å². The number of rotatable bonds is 17. The van der Waals surface area contributed by atoms with Crippen LogP contribution in [-0.2, 0) is 23.7 Å². The number of esters is 1. The summed E-state index contributed by atoms with van der Waals surface area (Å²) in [7, 11) is 0. The first-order chi connectivity index (χ1) is 12.4. The summed E-state index contributed by atoms with van der Waals surface area (Å²) in [6.45, 7) is 13.4. The van der Waals surface area contributed by atoms with E-state index in [4.69, 9.17) is 29.2 Å². The van der Waals surface area contributed by atoms with Crippen LogP contribution in [0.25, 0.3) is 0 Å². The zero-order chi connectivity index (χ0) is 19.8. The zero-order valence-corrected chi connectivity index (χ0v) is 15.7. The topological polar surface area (TPSA) is 94.5 Å². The molecule has 0 aliphatic heterocycles. The molecule has 26 heavy (non-hydrogen) atoms. The molecule has 0 aliphatic carbocycles. The summed E-state index contributed by atoms with van der Waals surface area (Å²) >= 11 is 0. The summed E-state index contributed by atoms with van der Waals surface area (Å²) < 4.78 is 22.1. The number of hydrogen-bond donors (Lipinski definition) is 2. The van der Waals surface area contributed by atoms with Gasteiger partial charge in [-0.3, -0.25) is 0 Å². The van der Waals surface area contributed by atoms with E-state index in [2.05, 4.69) is 19.7 Å². The highest BCUT2D eigenvalue weighted by Crippen LogP contribution is 2.22. The molecule has 0 spiro atoms. The molecule has 0 aromatic rings. The Morgan fingerprint density at radius 3 is 1.92 bits per heavy atom. The van der Waals surface area contributed by atoms with E-state index in [1.54, 1.807) is 19.1 Å². The Morgan fingerprint density at radius 2 is 1.50 bits per heavy atom. The van der Waals surface area contributed by atoms with Gasteiger partial charge in [0, 0.05) is 11.5 Å². The Labute approximate surface area is 155 Å². The largest absolute Gasteiger partial charge is 0.461 e. The smallest absolute Gasteiger partial charge is 0.333 e. The van der Waals surface area contributed by atoms with Gasteiger partial charge in [0.15, 0.2) is 0 Å². The van der Waals surface area contributed by atoms with Crippen molar-refractivity contribution in [1.29, 1.82) is 0 Å². The maximum absolute atomic E-state index is 11.8. The number of aliphatic hydroxyl groups is 2. The average Bonchev–Trinajstić information content (AvgIpc) is 2.63. The van der Waals surface area contributed by atoms with Crippen LogP contribution < -0.4 is 0 Å². The SMILES string of the molecule is C=CCOCC(COCC=C)(COCC(CO)CO)COC(=O)C(=C)C. The summed E-state index contributed by atoms with van der Waals surface area (Å²) in [5, 5.41) is 18.3. The van der Waals surface area contributed by atoms with Gasteiger partial charge in [-0.15, -0.1) is 13.2 Å². The van der Waals surface area contributed by atoms with E-state index in [0.717, 1.165) is 0 Å². The molecule has 2 N–H and O–H groups in total. The summed E-state index contributed by atoms with van der Waals surface area (Å²) in [4.78, 5) is 11.8. The lowest BCUT2D eigenvalue weighted by atomic mass is 9.92. The molecule has 0 aromatic carbocycles. The summed E-state index contributed by atoms with van der Waals surface area (Å²) in [5.41, 5.74) is -0.466. The molecule has 7 nitrogen and oxygen atoms in total. The van der Waals surface area contributed by atoms with Gasteiger partial charge in [0.2, 0.25) is 0 Å². The summed E-state index contributed by atoms with van der Waals surface area (Å²) in [6.07, 6.45) is 3.23. The molecule has 0 atom stereocenters. The Kier molecular flexibility index (Phi) is 13.8. The van der Waals surface area contributed by atoms with Crippen LogP contribution in [0.4, 0.5) is 0 Å². The Morgan fingerprint density at radius 1 is 1.00 bits per heavy atom. The van der Waals surface area contributed by atoms with E-state index in [0.29, 0.717) is 18.8 Å². The van der Waals surface area contributed by atoms with Gasteiger partial charge >= 0.3 is 5.97 Å². The van der Waals surface area contributed by atoms with Crippen molar-refractivity contribution in [3.05, 3.63) is 37.5 Å². The van der Waals surface area contributed by atoms with Gasteiger partial charge in [0.25, 0.3) is 0 Å². The second kappa shape index (κ2) is 14.6. The lowest BCUT2D eigenvalue weighted by Gasteiger charge is -2.32. The van der Waals surface area contributed by atoms with Crippen molar-refractivity contribution >= 4 is 5.97 Å². The van der Waals surface area contributed by atoms with Crippen LogP contribution >= 0.6 is 0 Å². The summed E-state index contributed by atoms with van der Waals surface area (Å²) in [6, 6.07) is 0. The van der Waals surface area contributed by atoms with Gasteiger partial charge in [-0.25, -0.2) is 4.79 Å². The standard InChI is InChI=1S/C19H32O7/c1-5-7-23-12-19(13-24-8-6-2,15-26-18(22)16(3)4)14-25-11-17(9-20)10-21/h5-6,17,20-21H,1-3,7-15H2,4H3. The van der Waals surface area contributed by atoms with Crippen molar-refractivity contribution in [3.8, 4) is 0 Å². The van der Waals surface area contributed by atoms with Crippen molar-refractivity contribution < 1.29 is 34.0 Å². The van der Waals surface area contributed by atoms with E-state index < -0.39 is 11.4 Å². The second-order valence-corrected chi connectivity index (χ2v) is 6.21. The van der Waals surface area contributed by atoms with E-state index in [9.17, 15) is 4.79 Å². The molecule has 0 fully saturated rings. The predicted octanol–water partition coefficient (Wildman–Crippen LogP) is 1.11. The van der Waals surface area contributed by atoms with Gasteiger partial charge in [0.05, 0.1) is 58.3 Å². The molecule has 0 unspecified atom stereocenters. The van der Waals surface area contributed by atoms with E-state index in [-0.39, 0.29) is 52.2 Å². The second-order valence-electron chi connectivity index (χ2n) is 6.21. The first-order valence-electron chi connectivity index (χ1n) is 8.44. The Hall–Kier alpha value is -1.51. The van der Waals surface area contributed by atoms with E-state index in [1.807, 2.05) is 0 Å². The molecule has 0 radical (unpaired) electrons. The highest BCUT2D eigenvalue weighted by Gasteiger charge is 2.34. The minimum atomic E-state index is -0.757. The van der Waals surface area contributed by atoms with Crippen molar-refractivity contribution in [1.82, 2.24) is 0 Å². The number of aliphatic hydroxyl groups excluding tert-OH is 2. The van der Waals surface area contributed by atoms with Gasteiger partial charge in [0.1, 0.15) is 6.61 Å². The maximum atomic E-state index is 11.8. The molecular formula is C19H32O7. The van der Waals surface area contributed by atoms with Crippen LogP contribution in [0.5, 0.6) is 0 Å². The molecule has 7 heteroatoms. The molecule has 0 saturated carbocycles. The molecule has 0 aromatic heterocycles. The molecule has 0 rings (SSSR count). The molecule has 0 amide bonds. The van der Waals surface area contributed by atoms with Crippen LogP contribution in [0.2, 0.25) is 0 Å². The fourth-order valence-corrected chi connectivity index (χ4v) is 1.91. The first kappa shape index (κ1) is 24.5. The third kappa shape index (κ3) is 10.5. The fraction of sp³-hybridized carbons (Fsp3) is 0.632. The predicted molar refractivity (Wildman–Crippen MR) is 98.7 cm³/mol. The van der Waals surface area contributed by atoms with Crippen LogP contribution in [0.1, 0.15) is 6.92 Å². The van der Waals surface area contributed by atoms with Crippen LogP contribution in [0.15, 0.2) is 37.5 Å². The highest BCUT2D eigenvalue weighted by atomic mass is 16.5. The molecule has 0 bridgehead atoms. The van der Waals surface area contributed by atoms with Crippen molar-refractivity contribution in [2.75, 3.05) is 59.5 Å². The Balaban J connectivity index is 5.05. The number of ether oxygens (including phenoxy) is 4. The van der Waals surface area contributed by atoms with Gasteiger partial charge in [-0.2, -0.15) is 0 Å². The number of carbonyl (C=O) groups excluding carboxylic acids is 1. The minimum Gasteiger partial charge on any atom is -0.461 e. The monoisotopic (exact) mass is 372 g/mol. The maximum Gasteiger partial charge on any atom is 0.333 e. The molecule has 0 saturated heterocycles. The van der Waals surface area contributed by atoms with Crippen LogP contribution in [-0.4, -0.2) is 75.6 Å². The molecule has 0 heterocycles. The van der Waals surface area contributed by atoms with Crippen molar-refractivity contribution in [2.45, 2.75) is 6.92 Å². The van der Waals surface area contributed by atoms with E-state index in [1.165, 1.54) is 0 Å². The molecule has 150 valence electrons. The van der Waals surface area contributed by atoms with Crippen LogP contribution in [0, 0.1) is 11.3 Å². The van der Waals surface area contributed by atoms with Crippen molar-refractivity contribution in [2.24, 2.45) is 11.3 Å². The normalized spacial score (nSPS) is 11.4. The third-order valence-electron chi connectivity index (χ3n) is 3.42. The van der Waals surface area contributed by atoms with Crippen LogP contribution in [0.3, 0.4) is 0 Å². The van der Waals surface area contributed by atoms with Gasteiger partial charge in [-0.1, -0.05) is 18.7 Å². The fourth-order valence-electron chi connectivity index (χ4n) is 1.91. The minimum absolute atomic E-state index is 0.00982. The average molecular weight is 372 g/mol. The lowest BCUT2D eigenvalue weighted by molar-refractivity contribution is -0.151.